The van der Waals surface area contributed by atoms with Crippen LogP contribution in [0.3, 0.4) is 0 Å². The average molecular weight is 302 g/mol. The van der Waals surface area contributed by atoms with Gasteiger partial charge >= 0.3 is 0 Å². The van der Waals surface area contributed by atoms with Gasteiger partial charge in [-0.25, -0.2) is 8.42 Å². The highest BCUT2D eigenvalue weighted by atomic mass is 32.2. The zero-order chi connectivity index (χ0) is 14.2. The van der Waals surface area contributed by atoms with Crippen molar-refractivity contribution in [1.29, 1.82) is 0 Å². The Morgan fingerprint density at radius 2 is 2.11 bits per heavy atom. The van der Waals surface area contributed by atoms with Gasteiger partial charge in [0.25, 0.3) is 10.0 Å². The van der Waals surface area contributed by atoms with Crippen molar-refractivity contribution in [3.05, 3.63) is 17.0 Å². The summed E-state index contributed by atoms with van der Waals surface area (Å²) in [6, 6.07) is 1.76. The number of nitrogens with two attached hydrogens (primary N) is 1. The topological polar surface area (TPSA) is 63.4 Å². The third-order valence-corrected chi connectivity index (χ3v) is 7.39. The maximum Gasteiger partial charge on any atom is 0.252 e. The molecule has 0 saturated carbocycles. The number of thiophene rings is 1. The Balaban J connectivity index is 2.32. The standard InChI is InChI=1S/C13H22N2O2S2/c1-9-4-10(2)11(3)15(7-9)19(16,17)13-5-12(6-14)8-18-13/h5,8-11H,4,6-7,14H2,1-3H3. The zero-order valence-corrected chi connectivity index (χ0v) is 13.3. The lowest BCUT2D eigenvalue weighted by Crippen LogP contribution is -2.48. The fourth-order valence-corrected chi connectivity index (χ4v) is 5.89. The summed E-state index contributed by atoms with van der Waals surface area (Å²) in [7, 11) is -3.37. The molecule has 1 aliphatic rings. The summed E-state index contributed by atoms with van der Waals surface area (Å²) in [4.78, 5) is 0. The molecule has 1 saturated heterocycles. The van der Waals surface area contributed by atoms with E-state index in [4.69, 9.17) is 5.73 Å². The Kier molecular flexibility index (Phi) is 4.35. The predicted molar refractivity (Wildman–Crippen MR) is 78.5 cm³/mol. The van der Waals surface area contributed by atoms with E-state index in [0.29, 0.717) is 29.1 Å². The summed E-state index contributed by atoms with van der Waals surface area (Å²) in [6.07, 6.45) is 1.09. The van der Waals surface area contributed by atoms with E-state index >= 15 is 0 Å². The van der Waals surface area contributed by atoms with Crippen molar-refractivity contribution in [2.45, 2.75) is 44.0 Å². The molecule has 0 aliphatic carbocycles. The second-order valence-corrected chi connectivity index (χ2v) is 8.64. The van der Waals surface area contributed by atoms with Crippen molar-refractivity contribution in [1.82, 2.24) is 4.31 Å². The van der Waals surface area contributed by atoms with Crippen molar-refractivity contribution in [2.75, 3.05) is 6.54 Å². The fraction of sp³-hybridized carbons (Fsp3) is 0.692. The number of hydrogen-bond donors (Lipinski definition) is 1. The molecule has 2 heterocycles. The second-order valence-electron chi connectivity index (χ2n) is 5.61. The molecule has 108 valence electrons. The van der Waals surface area contributed by atoms with Crippen LogP contribution in [0.4, 0.5) is 0 Å². The molecule has 0 spiro atoms. The average Bonchev–Trinajstić information content (AvgIpc) is 2.83. The van der Waals surface area contributed by atoms with Crippen LogP contribution in [0.1, 0.15) is 32.8 Å². The first-order valence-electron chi connectivity index (χ1n) is 6.65. The molecule has 19 heavy (non-hydrogen) atoms. The van der Waals surface area contributed by atoms with Gasteiger partial charge < -0.3 is 5.73 Å². The van der Waals surface area contributed by atoms with Crippen LogP contribution in [0, 0.1) is 11.8 Å². The largest absolute Gasteiger partial charge is 0.326 e. The highest BCUT2D eigenvalue weighted by molar-refractivity contribution is 7.91. The molecule has 3 unspecified atom stereocenters. The summed E-state index contributed by atoms with van der Waals surface area (Å²) >= 11 is 1.27. The Bertz CT molecular complexity index is 539. The van der Waals surface area contributed by atoms with E-state index < -0.39 is 10.0 Å². The fourth-order valence-electron chi connectivity index (χ4n) is 2.69. The Hall–Kier alpha value is -0.430. The van der Waals surface area contributed by atoms with Gasteiger partial charge in [-0.3, -0.25) is 0 Å². The SMILES string of the molecule is CC1CC(C)C(C)N(S(=O)(=O)c2cc(CN)cs2)C1. The molecule has 6 heteroatoms. The van der Waals surface area contributed by atoms with Gasteiger partial charge in [-0.15, -0.1) is 11.3 Å². The van der Waals surface area contributed by atoms with Crippen molar-refractivity contribution >= 4 is 21.4 Å². The molecular weight excluding hydrogens is 280 g/mol. The molecule has 2 N–H and O–H groups in total. The van der Waals surface area contributed by atoms with Crippen LogP contribution in [0.5, 0.6) is 0 Å². The highest BCUT2D eigenvalue weighted by Crippen LogP contribution is 2.33. The van der Waals surface area contributed by atoms with Gasteiger partial charge in [0.05, 0.1) is 0 Å². The maximum atomic E-state index is 12.7. The summed E-state index contributed by atoms with van der Waals surface area (Å²) in [6.45, 7) is 7.25. The first-order chi connectivity index (χ1) is 8.86. The molecular formula is C13H22N2O2S2. The van der Waals surface area contributed by atoms with Gasteiger partial charge in [0, 0.05) is 19.1 Å². The first kappa shape index (κ1) is 15.0. The Morgan fingerprint density at radius 1 is 1.42 bits per heavy atom. The van der Waals surface area contributed by atoms with Gasteiger partial charge in [0.15, 0.2) is 0 Å². The van der Waals surface area contributed by atoms with Crippen molar-refractivity contribution in [2.24, 2.45) is 17.6 Å². The minimum absolute atomic E-state index is 0.0598. The van der Waals surface area contributed by atoms with E-state index in [1.807, 2.05) is 12.3 Å². The third-order valence-electron chi connectivity index (χ3n) is 3.97. The number of sulfonamides is 1. The van der Waals surface area contributed by atoms with E-state index in [9.17, 15) is 8.42 Å². The molecule has 0 aromatic carbocycles. The van der Waals surface area contributed by atoms with Gasteiger partial charge in [0.2, 0.25) is 0 Å². The van der Waals surface area contributed by atoms with Crippen LogP contribution in [0.15, 0.2) is 15.7 Å². The molecule has 0 bridgehead atoms. The number of rotatable bonds is 3. The van der Waals surface area contributed by atoms with Gasteiger partial charge in [-0.2, -0.15) is 4.31 Å². The molecule has 2 rings (SSSR count). The molecule has 0 amide bonds. The lowest BCUT2D eigenvalue weighted by molar-refractivity contribution is 0.157. The van der Waals surface area contributed by atoms with Gasteiger partial charge in [0.1, 0.15) is 4.21 Å². The lowest BCUT2D eigenvalue weighted by Gasteiger charge is -2.39. The number of hydrogen-bond acceptors (Lipinski definition) is 4. The van der Waals surface area contributed by atoms with Gasteiger partial charge in [-0.05, 0) is 42.2 Å². The van der Waals surface area contributed by atoms with Crippen LogP contribution < -0.4 is 5.73 Å². The van der Waals surface area contributed by atoms with Crippen LogP contribution in [-0.2, 0) is 16.6 Å². The molecule has 1 aromatic heterocycles. The summed E-state index contributed by atoms with van der Waals surface area (Å²) in [5, 5.41) is 1.83. The zero-order valence-electron chi connectivity index (χ0n) is 11.7. The molecule has 1 aliphatic heterocycles. The molecule has 1 aromatic rings. The van der Waals surface area contributed by atoms with Crippen LogP contribution >= 0.6 is 11.3 Å². The van der Waals surface area contributed by atoms with E-state index in [-0.39, 0.29) is 6.04 Å². The smallest absolute Gasteiger partial charge is 0.252 e. The minimum Gasteiger partial charge on any atom is -0.326 e. The molecule has 4 nitrogen and oxygen atoms in total. The summed E-state index contributed by atoms with van der Waals surface area (Å²) < 4.78 is 27.5. The van der Waals surface area contributed by atoms with E-state index in [1.54, 1.807) is 10.4 Å². The number of nitrogens with zero attached hydrogens (tertiary/aromatic N) is 1. The monoisotopic (exact) mass is 302 g/mol. The van der Waals surface area contributed by atoms with Crippen molar-refractivity contribution < 1.29 is 8.42 Å². The van der Waals surface area contributed by atoms with Crippen LogP contribution in [0.25, 0.3) is 0 Å². The van der Waals surface area contributed by atoms with E-state index in [2.05, 4.69) is 13.8 Å². The summed E-state index contributed by atoms with van der Waals surface area (Å²) in [5.41, 5.74) is 6.44. The van der Waals surface area contributed by atoms with Crippen LogP contribution in [-0.4, -0.2) is 25.3 Å². The quantitative estimate of drug-likeness (QED) is 0.931. The highest BCUT2D eigenvalue weighted by Gasteiger charge is 2.37. The first-order valence-corrected chi connectivity index (χ1v) is 8.97. The molecule has 1 fully saturated rings. The second kappa shape index (κ2) is 5.52. The summed E-state index contributed by atoms with van der Waals surface area (Å²) in [5.74, 6) is 0.808. The normalized spacial score (nSPS) is 29.6. The van der Waals surface area contributed by atoms with Crippen molar-refractivity contribution in [3.8, 4) is 0 Å². The molecule has 0 radical (unpaired) electrons. The number of piperidine rings is 1. The molecule has 3 atom stereocenters. The lowest BCUT2D eigenvalue weighted by atomic mass is 9.88. The van der Waals surface area contributed by atoms with Gasteiger partial charge in [-0.1, -0.05) is 13.8 Å². The third kappa shape index (κ3) is 2.86. The minimum atomic E-state index is -3.37. The maximum absolute atomic E-state index is 12.7. The van der Waals surface area contributed by atoms with Crippen molar-refractivity contribution in [3.63, 3.8) is 0 Å². The van der Waals surface area contributed by atoms with E-state index in [1.165, 1.54) is 11.3 Å². The van der Waals surface area contributed by atoms with E-state index in [0.717, 1.165) is 12.0 Å². The van der Waals surface area contributed by atoms with Crippen LogP contribution in [0.2, 0.25) is 0 Å². The predicted octanol–water partition coefficient (Wildman–Crippen LogP) is 2.26. The Morgan fingerprint density at radius 3 is 2.68 bits per heavy atom. The Labute approximate surface area is 119 Å².